The van der Waals surface area contributed by atoms with Gasteiger partial charge in [0.1, 0.15) is 6.54 Å². The van der Waals surface area contributed by atoms with Gasteiger partial charge in [-0.25, -0.2) is 0 Å². The molecule has 1 amide bonds. The molecule has 0 spiro atoms. The van der Waals surface area contributed by atoms with Gasteiger partial charge in [-0.05, 0) is 42.5 Å². The van der Waals surface area contributed by atoms with E-state index < -0.39 is 0 Å². The predicted octanol–water partition coefficient (Wildman–Crippen LogP) is 4.38. The lowest BCUT2D eigenvalue weighted by Gasteiger charge is -2.16. The van der Waals surface area contributed by atoms with Crippen LogP contribution in [0.15, 0.2) is 53.3 Å². The number of pyridine rings is 1. The van der Waals surface area contributed by atoms with E-state index in [0.717, 1.165) is 33.3 Å². The number of carbonyl (C=O) groups is 1. The lowest BCUT2D eigenvalue weighted by molar-refractivity contribution is -0.116. The SMILES string of the molecule is Cc1cc(=O)n(CC(=O)Nc2ccccc2C(C)C)c2c(C)cccc12. The van der Waals surface area contributed by atoms with Gasteiger partial charge in [-0.2, -0.15) is 0 Å². The van der Waals surface area contributed by atoms with Crippen LogP contribution in [0.4, 0.5) is 5.69 Å². The number of fused-ring (bicyclic) bond motifs is 1. The molecule has 2 aromatic carbocycles. The lowest BCUT2D eigenvalue weighted by atomic mass is 10.0. The molecule has 0 bridgehead atoms. The van der Waals surface area contributed by atoms with Crippen LogP contribution in [0, 0.1) is 13.8 Å². The molecule has 26 heavy (non-hydrogen) atoms. The summed E-state index contributed by atoms with van der Waals surface area (Å²) in [7, 11) is 0. The predicted molar refractivity (Wildman–Crippen MR) is 107 cm³/mol. The van der Waals surface area contributed by atoms with E-state index in [1.54, 1.807) is 10.6 Å². The van der Waals surface area contributed by atoms with Crippen molar-refractivity contribution in [1.82, 2.24) is 4.57 Å². The van der Waals surface area contributed by atoms with Crippen LogP contribution in [-0.4, -0.2) is 10.5 Å². The Morgan fingerprint density at radius 3 is 2.50 bits per heavy atom. The highest BCUT2D eigenvalue weighted by molar-refractivity contribution is 5.93. The number of aromatic nitrogens is 1. The zero-order chi connectivity index (χ0) is 18.8. The number of rotatable bonds is 4. The van der Waals surface area contributed by atoms with Crippen molar-refractivity contribution in [3.63, 3.8) is 0 Å². The van der Waals surface area contributed by atoms with Gasteiger partial charge in [0.05, 0.1) is 5.52 Å². The molecule has 134 valence electrons. The second-order valence-electron chi connectivity index (χ2n) is 7.01. The van der Waals surface area contributed by atoms with Crippen LogP contribution in [0.3, 0.4) is 0 Å². The number of amides is 1. The monoisotopic (exact) mass is 348 g/mol. The Balaban J connectivity index is 1.98. The zero-order valence-electron chi connectivity index (χ0n) is 15.7. The third-order valence-electron chi connectivity index (χ3n) is 4.70. The normalized spacial score (nSPS) is 11.1. The third kappa shape index (κ3) is 3.40. The minimum absolute atomic E-state index is 0.00705. The fourth-order valence-electron chi connectivity index (χ4n) is 3.39. The number of carbonyl (C=O) groups excluding carboxylic acids is 1. The van der Waals surface area contributed by atoms with Crippen molar-refractivity contribution in [3.8, 4) is 0 Å². The molecule has 3 aromatic rings. The smallest absolute Gasteiger partial charge is 0.251 e. The first-order valence-corrected chi connectivity index (χ1v) is 8.87. The summed E-state index contributed by atoms with van der Waals surface area (Å²) in [5.41, 5.74) is 4.46. The van der Waals surface area contributed by atoms with E-state index in [2.05, 4.69) is 19.2 Å². The summed E-state index contributed by atoms with van der Waals surface area (Å²) in [6.45, 7) is 8.06. The maximum Gasteiger partial charge on any atom is 0.251 e. The van der Waals surface area contributed by atoms with E-state index in [0.29, 0.717) is 5.92 Å². The van der Waals surface area contributed by atoms with Crippen LogP contribution >= 0.6 is 0 Å². The molecule has 0 saturated carbocycles. The second-order valence-corrected chi connectivity index (χ2v) is 7.01. The molecular weight excluding hydrogens is 324 g/mol. The fraction of sp³-hybridized carbons (Fsp3) is 0.273. The molecule has 4 nitrogen and oxygen atoms in total. The minimum Gasteiger partial charge on any atom is -0.324 e. The highest BCUT2D eigenvalue weighted by Gasteiger charge is 2.14. The van der Waals surface area contributed by atoms with Gasteiger partial charge >= 0.3 is 0 Å². The van der Waals surface area contributed by atoms with Gasteiger partial charge in [-0.15, -0.1) is 0 Å². The zero-order valence-corrected chi connectivity index (χ0v) is 15.7. The van der Waals surface area contributed by atoms with Crippen molar-refractivity contribution in [2.24, 2.45) is 0 Å². The first kappa shape index (κ1) is 17.9. The summed E-state index contributed by atoms with van der Waals surface area (Å²) >= 11 is 0. The van der Waals surface area contributed by atoms with Crippen molar-refractivity contribution in [2.45, 2.75) is 40.2 Å². The van der Waals surface area contributed by atoms with Crippen LogP contribution < -0.4 is 10.9 Å². The molecule has 0 unspecified atom stereocenters. The number of anilines is 1. The molecule has 0 radical (unpaired) electrons. The molecule has 1 aromatic heterocycles. The molecule has 3 rings (SSSR count). The maximum absolute atomic E-state index is 12.7. The molecule has 0 aliphatic heterocycles. The summed E-state index contributed by atoms with van der Waals surface area (Å²) < 4.78 is 1.56. The summed E-state index contributed by atoms with van der Waals surface area (Å²) in [5.74, 6) is 0.102. The van der Waals surface area contributed by atoms with Gasteiger partial charge in [0.25, 0.3) is 5.56 Å². The quantitative estimate of drug-likeness (QED) is 0.761. The largest absolute Gasteiger partial charge is 0.324 e. The molecule has 1 N–H and O–H groups in total. The average Bonchev–Trinajstić information content (AvgIpc) is 2.59. The molecule has 4 heteroatoms. The van der Waals surface area contributed by atoms with Crippen LogP contribution in [0.1, 0.15) is 36.5 Å². The third-order valence-corrected chi connectivity index (χ3v) is 4.70. The number of hydrogen-bond acceptors (Lipinski definition) is 2. The average molecular weight is 348 g/mol. The van der Waals surface area contributed by atoms with Gasteiger partial charge in [0.2, 0.25) is 5.91 Å². The van der Waals surface area contributed by atoms with Crippen LogP contribution in [0.5, 0.6) is 0 Å². The first-order chi connectivity index (χ1) is 12.4. The molecule has 0 fully saturated rings. The summed E-state index contributed by atoms with van der Waals surface area (Å²) in [6.07, 6.45) is 0. The number of nitrogens with zero attached hydrogens (tertiary/aromatic N) is 1. The number of para-hydroxylation sites is 2. The topological polar surface area (TPSA) is 51.1 Å². The standard InChI is InChI=1S/C22H24N2O2/c1-14(2)17-9-5-6-11-19(17)23-20(25)13-24-21(26)12-16(4)18-10-7-8-15(3)22(18)24/h5-12,14H,13H2,1-4H3,(H,23,25). The molecule has 0 aliphatic rings. The molecule has 0 saturated heterocycles. The Hall–Kier alpha value is -2.88. The number of nitrogens with one attached hydrogen (secondary N) is 1. The Labute approximate surface area is 153 Å². The van der Waals surface area contributed by atoms with Crippen molar-refractivity contribution < 1.29 is 4.79 Å². The van der Waals surface area contributed by atoms with Crippen molar-refractivity contribution in [2.75, 3.05) is 5.32 Å². The Morgan fingerprint density at radius 1 is 1.04 bits per heavy atom. The molecular formula is C22H24N2O2. The van der Waals surface area contributed by atoms with Gasteiger partial charge < -0.3 is 5.32 Å². The number of aryl methyl sites for hydroxylation is 2. The van der Waals surface area contributed by atoms with Gasteiger partial charge in [0, 0.05) is 17.1 Å². The Morgan fingerprint density at radius 2 is 1.77 bits per heavy atom. The van der Waals surface area contributed by atoms with Crippen LogP contribution in [0.25, 0.3) is 10.9 Å². The summed E-state index contributed by atoms with van der Waals surface area (Å²) in [4.78, 5) is 25.2. The van der Waals surface area contributed by atoms with E-state index in [1.165, 1.54) is 0 Å². The number of benzene rings is 2. The van der Waals surface area contributed by atoms with Crippen molar-refractivity contribution in [1.29, 1.82) is 0 Å². The lowest BCUT2D eigenvalue weighted by Crippen LogP contribution is -2.28. The van der Waals surface area contributed by atoms with Crippen LogP contribution in [0.2, 0.25) is 0 Å². The van der Waals surface area contributed by atoms with E-state index in [1.807, 2.05) is 56.3 Å². The highest BCUT2D eigenvalue weighted by atomic mass is 16.2. The van der Waals surface area contributed by atoms with E-state index in [9.17, 15) is 9.59 Å². The molecule has 0 atom stereocenters. The second kappa shape index (κ2) is 7.16. The Kier molecular flexibility index (Phi) is 4.94. The Bertz CT molecular complexity index is 1030. The maximum atomic E-state index is 12.7. The van der Waals surface area contributed by atoms with Crippen molar-refractivity contribution in [3.05, 3.63) is 75.6 Å². The van der Waals surface area contributed by atoms with Crippen LogP contribution in [-0.2, 0) is 11.3 Å². The van der Waals surface area contributed by atoms with Gasteiger partial charge in [-0.1, -0.05) is 50.2 Å². The van der Waals surface area contributed by atoms with E-state index in [4.69, 9.17) is 0 Å². The fourth-order valence-corrected chi connectivity index (χ4v) is 3.39. The van der Waals surface area contributed by atoms with E-state index >= 15 is 0 Å². The summed E-state index contributed by atoms with van der Waals surface area (Å²) in [5, 5.41) is 3.97. The van der Waals surface area contributed by atoms with Gasteiger partial charge in [-0.3, -0.25) is 14.2 Å². The first-order valence-electron chi connectivity index (χ1n) is 8.87. The van der Waals surface area contributed by atoms with Crippen molar-refractivity contribution >= 4 is 22.5 Å². The van der Waals surface area contributed by atoms with E-state index in [-0.39, 0.29) is 18.0 Å². The highest BCUT2D eigenvalue weighted by Crippen LogP contribution is 2.24. The molecule has 1 heterocycles. The molecule has 0 aliphatic carbocycles. The summed E-state index contributed by atoms with van der Waals surface area (Å²) in [6, 6.07) is 15.3. The van der Waals surface area contributed by atoms with Gasteiger partial charge in [0.15, 0.2) is 0 Å². The number of hydrogen-bond donors (Lipinski definition) is 1. The minimum atomic E-state index is -0.200.